The second-order valence-corrected chi connectivity index (χ2v) is 11.1. The summed E-state index contributed by atoms with van der Waals surface area (Å²) in [5, 5.41) is 6.36. The summed E-state index contributed by atoms with van der Waals surface area (Å²) < 4.78 is 37.5. The monoisotopic (exact) mass is 518 g/mol. The molecule has 1 fully saturated rings. The number of morpholine rings is 1. The van der Waals surface area contributed by atoms with Crippen molar-refractivity contribution in [3.63, 3.8) is 0 Å². The quantitative estimate of drug-likeness (QED) is 0.362. The van der Waals surface area contributed by atoms with E-state index in [0.29, 0.717) is 24.5 Å². The fourth-order valence-corrected chi connectivity index (χ4v) is 6.10. The molecule has 3 aromatic rings. The van der Waals surface area contributed by atoms with E-state index in [-0.39, 0.29) is 18.0 Å². The molecule has 11 heteroatoms. The number of thiophene rings is 2. The number of sulfonamides is 1. The van der Waals surface area contributed by atoms with Gasteiger partial charge in [0.1, 0.15) is 0 Å². The van der Waals surface area contributed by atoms with E-state index in [2.05, 4.69) is 5.32 Å². The number of carbonyl (C=O) groups excluding carboxylic acids is 2. The van der Waals surface area contributed by atoms with Crippen molar-refractivity contribution in [1.29, 1.82) is 0 Å². The van der Waals surface area contributed by atoms with E-state index in [9.17, 15) is 18.0 Å². The van der Waals surface area contributed by atoms with Gasteiger partial charge in [0.2, 0.25) is 10.0 Å². The van der Waals surface area contributed by atoms with E-state index >= 15 is 0 Å². The van der Waals surface area contributed by atoms with E-state index in [1.54, 1.807) is 18.2 Å². The number of benzene rings is 1. The molecule has 0 radical (unpaired) electrons. The summed E-state index contributed by atoms with van der Waals surface area (Å²) in [5.74, 6) is -1.19. The zero-order valence-corrected chi connectivity index (χ0v) is 20.5. The molecule has 8 nitrogen and oxygen atoms in total. The van der Waals surface area contributed by atoms with Crippen LogP contribution in [0.1, 0.15) is 9.75 Å². The van der Waals surface area contributed by atoms with Crippen LogP contribution in [0.3, 0.4) is 0 Å². The van der Waals surface area contributed by atoms with Crippen LogP contribution in [-0.4, -0.2) is 57.5 Å². The molecule has 1 aliphatic rings. The summed E-state index contributed by atoms with van der Waals surface area (Å²) in [6, 6.07) is 13.4. The third-order valence-corrected chi connectivity index (χ3v) is 8.51. The molecule has 1 amide bonds. The molecule has 1 aliphatic heterocycles. The highest BCUT2D eigenvalue weighted by atomic mass is 32.2. The molecule has 0 atom stereocenters. The Labute approximate surface area is 205 Å². The van der Waals surface area contributed by atoms with E-state index in [0.717, 1.165) is 9.75 Å². The van der Waals surface area contributed by atoms with Gasteiger partial charge < -0.3 is 14.8 Å². The molecule has 0 bridgehead atoms. The Kier molecular flexibility index (Phi) is 7.91. The van der Waals surface area contributed by atoms with Crippen LogP contribution in [-0.2, 0) is 29.1 Å². The van der Waals surface area contributed by atoms with Crippen LogP contribution in [0, 0.1) is 0 Å². The van der Waals surface area contributed by atoms with Crippen LogP contribution in [0.25, 0.3) is 11.6 Å². The summed E-state index contributed by atoms with van der Waals surface area (Å²) in [4.78, 5) is 26.9. The molecule has 178 valence electrons. The van der Waals surface area contributed by atoms with Crippen molar-refractivity contribution in [2.45, 2.75) is 4.90 Å². The van der Waals surface area contributed by atoms with Gasteiger partial charge in [0.05, 0.1) is 23.7 Å². The molecule has 1 saturated heterocycles. The Morgan fingerprint density at radius 2 is 1.82 bits per heavy atom. The average Bonchev–Trinajstić information content (AvgIpc) is 3.56. The lowest BCUT2D eigenvalue weighted by atomic mass is 10.2. The van der Waals surface area contributed by atoms with Gasteiger partial charge >= 0.3 is 5.97 Å². The van der Waals surface area contributed by atoms with Crippen LogP contribution < -0.4 is 5.32 Å². The van der Waals surface area contributed by atoms with Gasteiger partial charge in [-0.2, -0.15) is 4.31 Å². The summed E-state index contributed by atoms with van der Waals surface area (Å²) in [6.07, 6.45) is 1.73. The maximum Gasteiger partial charge on any atom is 0.340 e. The van der Waals surface area contributed by atoms with Gasteiger partial charge in [-0.05, 0) is 47.2 Å². The van der Waals surface area contributed by atoms with Crippen LogP contribution in [0.2, 0.25) is 0 Å². The standard InChI is InChI=1S/C23H22N2O6S3/c26-22(16-31-23(27)20(21-7-3-13-33-21)15-18-5-2-12-32-18)24-17-4-1-6-19(14-17)34(28,29)25-8-10-30-11-9-25/h1-7,12-15H,8-11,16H2,(H,24,26)/b20-15+. The number of ether oxygens (including phenoxy) is 2. The second kappa shape index (κ2) is 11.1. The second-order valence-electron chi connectivity index (χ2n) is 7.22. The van der Waals surface area contributed by atoms with Gasteiger partial charge in [-0.25, -0.2) is 13.2 Å². The number of amides is 1. The van der Waals surface area contributed by atoms with E-state index in [4.69, 9.17) is 9.47 Å². The molecule has 0 saturated carbocycles. The lowest BCUT2D eigenvalue weighted by Crippen LogP contribution is -2.40. The number of hydrogen-bond donors (Lipinski definition) is 1. The Morgan fingerprint density at radius 1 is 1.06 bits per heavy atom. The smallest absolute Gasteiger partial charge is 0.340 e. The highest BCUT2D eigenvalue weighted by molar-refractivity contribution is 7.89. The summed E-state index contributed by atoms with van der Waals surface area (Å²) in [6.45, 7) is 0.734. The number of nitrogens with zero attached hydrogens (tertiary/aromatic N) is 1. The maximum atomic E-state index is 12.8. The normalized spacial score (nSPS) is 15.1. The Bertz CT molecular complexity index is 1260. The Morgan fingerprint density at radius 3 is 2.53 bits per heavy atom. The van der Waals surface area contributed by atoms with Gasteiger partial charge in [0.15, 0.2) is 6.61 Å². The summed E-state index contributed by atoms with van der Waals surface area (Å²) >= 11 is 2.89. The van der Waals surface area contributed by atoms with Crippen molar-refractivity contribution in [2.75, 3.05) is 38.2 Å². The van der Waals surface area contributed by atoms with Crippen molar-refractivity contribution in [3.05, 3.63) is 69.0 Å². The van der Waals surface area contributed by atoms with Crippen molar-refractivity contribution < 1.29 is 27.5 Å². The van der Waals surface area contributed by atoms with E-state index in [1.165, 1.54) is 39.1 Å². The van der Waals surface area contributed by atoms with Gasteiger partial charge in [0, 0.05) is 28.5 Å². The molecule has 3 heterocycles. The third kappa shape index (κ3) is 5.99. The Hall–Kier alpha value is -2.83. The SMILES string of the molecule is O=C(COC(=O)/C(=C/c1cccs1)c1cccs1)Nc1cccc(S(=O)(=O)N2CCOCC2)c1. The van der Waals surface area contributed by atoms with Gasteiger partial charge in [-0.3, -0.25) is 4.79 Å². The minimum Gasteiger partial charge on any atom is -0.452 e. The molecule has 0 aliphatic carbocycles. The largest absolute Gasteiger partial charge is 0.452 e. The first-order valence-electron chi connectivity index (χ1n) is 10.4. The molecular formula is C23H22N2O6S3. The number of rotatable bonds is 8. The fraction of sp³-hybridized carbons (Fsp3) is 0.217. The zero-order chi connectivity index (χ0) is 24.0. The molecular weight excluding hydrogens is 496 g/mol. The van der Waals surface area contributed by atoms with E-state index < -0.39 is 28.5 Å². The van der Waals surface area contributed by atoms with Gasteiger partial charge in [0.25, 0.3) is 5.91 Å². The number of anilines is 1. The first kappa shape index (κ1) is 24.3. The highest BCUT2D eigenvalue weighted by Crippen LogP contribution is 2.26. The van der Waals surface area contributed by atoms with Gasteiger partial charge in [-0.1, -0.05) is 18.2 Å². The van der Waals surface area contributed by atoms with Crippen LogP contribution >= 0.6 is 22.7 Å². The topological polar surface area (TPSA) is 102 Å². The molecule has 1 aromatic carbocycles. The van der Waals surface area contributed by atoms with Crippen LogP contribution in [0.4, 0.5) is 5.69 Å². The molecule has 0 unspecified atom stereocenters. The van der Waals surface area contributed by atoms with Crippen molar-refractivity contribution >= 4 is 61.9 Å². The highest BCUT2D eigenvalue weighted by Gasteiger charge is 2.26. The van der Waals surface area contributed by atoms with Crippen molar-refractivity contribution in [2.24, 2.45) is 0 Å². The molecule has 34 heavy (non-hydrogen) atoms. The average molecular weight is 519 g/mol. The van der Waals surface area contributed by atoms with E-state index in [1.807, 2.05) is 35.0 Å². The first-order chi connectivity index (χ1) is 16.4. The number of esters is 1. The number of nitrogens with one attached hydrogen (secondary N) is 1. The lowest BCUT2D eigenvalue weighted by Gasteiger charge is -2.26. The van der Waals surface area contributed by atoms with Gasteiger partial charge in [-0.15, -0.1) is 22.7 Å². The molecule has 4 rings (SSSR count). The van der Waals surface area contributed by atoms with Crippen LogP contribution in [0.15, 0.2) is 64.2 Å². The zero-order valence-electron chi connectivity index (χ0n) is 18.0. The summed E-state index contributed by atoms with van der Waals surface area (Å²) in [5.41, 5.74) is 0.659. The number of carbonyl (C=O) groups is 2. The van der Waals surface area contributed by atoms with Crippen molar-refractivity contribution in [1.82, 2.24) is 4.31 Å². The van der Waals surface area contributed by atoms with Crippen LogP contribution in [0.5, 0.6) is 0 Å². The third-order valence-electron chi connectivity index (χ3n) is 4.90. The fourth-order valence-electron chi connectivity index (χ4n) is 3.25. The minimum atomic E-state index is -3.70. The minimum absolute atomic E-state index is 0.0723. The Balaban J connectivity index is 1.40. The first-order valence-corrected chi connectivity index (χ1v) is 13.6. The molecule has 2 aromatic heterocycles. The number of hydrogen-bond acceptors (Lipinski definition) is 8. The summed E-state index contributed by atoms with van der Waals surface area (Å²) in [7, 11) is -3.70. The lowest BCUT2D eigenvalue weighted by molar-refractivity contribution is -0.141. The maximum absolute atomic E-state index is 12.8. The molecule has 1 N–H and O–H groups in total. The predicted molar refractivity (Wildman–Crippen MR) is 132 cm³/mol. The predicted octanol–water partition coefficient (Wildman–Crippen LogP) is 3.55. The molecule has 0 spiro atoms. The van der Waals surface area contributed by atoms with Crippen molar-refractivity contribution in [3.8, 4) is 0 Å².